The van der Waals surface area contributed by atoms with E-state index in [1.54, 1.807) is 30.3 Å². The van der Waals surface area contributed by atoms with Gasteiger partial charge in [0.2, 0.25) is 0 Å². The van der Waals surface area contributed by atoms with Crippen LogP contribution >= 0.6 is 55.1 Å². The second-order valence-electron chi connectivity index (χ2n) is 6.12. The molecule has 30 heavy (non-hydrogen) atoms. The zero-order valence-corrected chi connectivity index (χ0v) is 19.6. The van der Waals surface area contributed by atoms with E-state index in [1.165, 1.54) is 6.08 Å². The third-order valence-corrected chi connectivity index (χ3v) is 5.87. The van der Waals surface area contributed by atoms with Crippen molar-refractivity contribution >= 4 is 79.0 Å². The number of carbonyl (C=O) groups is 3. The molecule has 1 aliphatic heterocycles. The van der Waals surface area contributed by atoms with Crippen LogP contribution in [0, 0.1) is 0 Å². The minimum absolute atomic E-state index is 0.0236. The Bertz CT molecular complexity index is 1070. The number of hydrogen-bond acceptors (Lipinski definition) is 4. The fourth-order valence-electron chi connectivity index (χ4n) is 2.60. The molecule has 1 fully saturated rings. The van der Waals surface area contributed by atoms with Gasteiger partial charge in [-0.25, -0.2) is 9.69 Å². The highest BCUT2D eigenvalue weighted by molar-refractivity contribution is 9.11. The van der Waals surface area contributed by atoms with Crippen LogP contribution in [0.2, 0.25) is 10.0 Å². The van der Waals surface area contributed by atoms with Crippen molar-refractivity contribution in [3.63, 3.8) is 0 Å². The van der Waals surface area contributed by atoms with Crippen molar-refractivity contribution < 1.29 is 24.2 Å². The average molecular weight is 579 g/mol. The van der Waals surface area contributed by atoms with E-state index in [2.05, 4.69) is 37.2 Å². The molecular formula is C19H12Br2Cl2N2O5. The predicted molar refractivity (Wildman–Crippen MR) is 118 cm³/mol. The first kappa shape index (κ1) is 22.6. The molecule has 2 N–H and O–H groups in total. The summed E-state index contributed by atoms with van der Waals surface area (Å²) < 4.78 is 7.05. The summed E-state index contributed by atoms with van der Waals surface area (Å²) in [6.07, 6.45) is 1.44. The minimum Gasteiger partial charge on any atom is -0.487 e. The molecule has 0 unspecified atom stereocenters. The zero-order valence-electron chi connectivity index (χ0n) is 14.9. The Kier molecular flexibility index (Phi) is 7.07. The minimum atomic E-state index is -1.28. The summed E-state index contributed by atoms with van der Waals surface area (Å²) in [5.74, 6) is -1.47. The van der Waals surface area contributed by atoms with Crippen LogP contribution in [0.5, 0.6) is 5.75 Å². The SMILES string of the molecule is O=C(O)CN1C(=O)N/C(=C/c2cc(Br)c(OCc3ccc(Cl)c(Cl)c3)c(Br)c2)C1=O. The second kappa shape index (κ2) is 9.38. The molecule has 11 heteroatoms. The number of halogens is 4. The Labute approximate surface area is 197 Å². The lowest BCUT2D eigenvalue weighted by Crippen LogP contribution is -2.35. The standard InChI is InChI=1S/C19H12Br2Cl2N2O5/c20-11-3-10(6-15-18(28)25(7-16(26)27)19(29)24-15)4-12(21)17(11)30-8-9-1-2-13(22)14(23)5-9/h1-6H,7-8H2,(H,24,29)(H,26,27)/b15-6+. The van der Waals surface area contributed by atoms with Gasteiger partial charge in [0, 0.05) is 0 Å². The Morgan fingerprint density at radius 1 is 1.13 bits per heavy atom. The van der Waals surface area contributed by atoms with Crippen LogP contribution in [0.15, 0.2) is 45.0 Å². The fraction of sp³-hybridized carbons (Fsp3) is 0.105. The normalized spacial score (nSPS) is 14.9. The highest BCUT2D eigenvalue weighted by Crippen LogP contribution is 2.36. The molecule has 1 heterocycles. The van der Waals surface area contributed by atoms with Crippen LogP contribution in [0.4, 0.5) is 4.79 Å². The van der Waals surface area contributed by atoms with Gasteiger partial charge in [-0.2, -0.15) is 0 Å². The predicted octanol–water partition coefficient (Wildman–Crippen LogP) is 5.07. The second-order valence-corrected chi connectivity index (χ2v) is 8.65. The third kappa shape index (κ3) is 5.15. The molecule has 7 nitrogen and oxygen atoms in total. The van der Waals surface area contributed by atoms with Gasteiger partial charge in [-0.1, -0.05) is 29.3 Å². The number of aliphatic carboxylic acids is 1. The van der Waals surface area contributed by atoms with Crippen LogP contribution in [0.3, 0.4) is 0 Å². The van der Waals surface area contributed by atoms with Gasteiger partial charge in [0.25, 0.3) is 5.91 Å². The number of nitrogens with zero attached hydrogens (tertiary/aromatic N) is 1. The number of carboxylic acids is 1. The molecule has 0 aromatic heterocycles. The largest absolute Gasteiger partial charge is 0.487 e. The van der Waals surface area contributed by atoms with Crippen LogP contribution in [-0.2, 0) is 16.2 Å². The first-order valence-electron chi connectivity index (χ1n) is 8.28. The van der Waals surface area contributed by atoms with Crippen molar-refractivity contribution in [2.75, 3.05) is 6.54 Å². The number of ether oxygens (including phenoxy) is 1. The van der Waals surface area contributed by atoms with E-state index in [1.807, 2.05) is 0 Å². The number of benzene rings is 2. The third-order valence-electron chi connectivity index (χ3n) is 3.95. The monoisotopic (exact) mass is 576 g/mol. The average Bonchev–Trinajstić information content (AvgIpc) is 2.91. The van der Waals surface area contributed by atoms with E-state index in [0.29, 0.717) is 35.2 Å². The maximum Gasteiger partial charge on any atom is 0.329 e. The summed E-state index contributed by atoms with van der Waals surface area (Å²) in [6.45, 7) is -0.468. The van der Waals surface area contributed by atoms with Gasteiger partial charge in [0.1, 0.15) is 24.6 Å². The number of rotatable bonds is 6. The zero-order chi connectivity index (χ0) is 22.0. The lowest BCUT2D eigenvalue weighted by atomic mass is 10.2. The topological polar surface area (TPSA) is 95.9 Å². The first-order valence-corrected chi connectivity index (χ1v) is 10.6. The van der Waals surface area contributed by atoms with Crippen LogP contribution < -0.4 is 10.1 Å². The van der Waals surface area contributed by atoms with Crippen LogP contribution in [0.1, 0.15) is 11.1 Å². The number of amides is 3. The number of carbonyl (C=O) groups excluding carboxylic acids is 2. The van der Waals surface area contributed by atoms with Gasteiger partial charge in [-0.3, -0.25) is 9.59 Å². The van der Waals surface area contributed by atoms with E-state index in [0.717, 1.165) is 5.56 Å². The lowest BCUT2D eigenvalue weighted by molar-refractivity contribution is -0.140. The molecule has 1 aliphatic rings. The van der Waals surface area contributed by atoms with Crippen molar-refractivity contribution in [2.45, 2.75) is 6.61 Å². The van der Waals surface area contributed by atoms with E-state index in [9.17, 15) is 14.4 Å². The molecule has 0 atom stereocenters. The van der Waals surface area contributed by atoms with Crippen molar-refractivity contribution in [1.82, 2.24) is 10.2 Å². The van der Waals surface area contributed by atoms with Crippen LogP contribution in [-0.4, -0.2) is 34.5 Å². The maximum absolute atomic E-state index is 12.2. The molecule has 0 saturated carbocycles. The summed E-state index contributed by atoms with van der Waals surface area (Å²) in [5.41, 5.74) is 1.38. The number of imide groups is 1. The van der Waals surface area contributed by atoms with E-state index >= 15 is 0 Å². The van der Waals surface area contributed by atoms with Crippen molar-refractivity contribution in [3.8, 4) is 5.75 Å². The summed E-state index contributed by atoms with van der Waals surface area (Å²) >= 11 is 18.8. The summed E-state index contributed by atoms with van der Waals surface area (Å²) in [7, 11) is 0. The molecule has 3 rings (SSSR count). The van der Waals surface area contributed by atoms with Gasteiger partial charge < -0.3 is 15.2 Å². The smallest absolute Gasteiger partial charge is 0.329 e. The number of nitrogens with one attached hydrogen (secondary N) is 1. The molecule has 0 radical (unpaired) electrons. The molecule has 0 bridgehead atoms. The van der Waals surface area contributed by atoms with Crippen molar-refractivity contribution in [2.24, 2.45) is 0 Å². The molecular weight excluding hydrogens is 567 g/mol. The number of carboxylic acid groups (broad SMARTS) is 1. The molecule has 0 spiro atoms. The Morgan fingerprint density at radius 2 is 1.80 bits per heavy atom. The molecule has 2 aromatic rings. The Hall–Kier alpha value is -2.07. The number of hydrogen-bond donors (Lipinski definition) is 2. The highest BCUT2D eigenvalue weighted by atomic mass is 79.9. The van der Waals surface area contributed by atoms with Gasteiger partial charge in [-0.05, 0) is 73.3 Å². The molecule has 2 aromatic carbocycles. The van der Waals surface area contributed by atoms with Crippen molar-refractivity contribution in [1.29, 1.82) is 0 Å². The summed E-state index contributed by atoms with van der Waals surface area (Å²) in [6, 6.07) is 7.80. The van der Waals surface area contributed by atoms with Gasteiger partial charge in [0.15, 0.2) is 0 Å². The van der Waals surface area contributed by atoms with Crippen LogP contribution in [0.25, 0.3) is 6.08 Å². The quantitative estimate of drug-likeness (QED) is 0.368. The molecule has 1 saturated heterocycles. The Balaban J connectivity index is 1.78. The summed E-state index contributed by atoms with van der Waals surface area (Å²) in [4.78, 5) is 35.5. The highest BCUT2D eigenvalue weighted by Gasteiger charge is 2.34. The molecule has 156 valence electrons. The van der Waals surface area contributed by atoms with Gasteiger partial charge in [-0.15, -0.1) is 0 Å². The fourth-order valence-corrected chi connectivity index (χ4v) is 4.37. The van der Waals surface area contributed by atoms with Crippen molar-refractivity contribution in [3.05, 3.63) is 66.1 Å². The van der Waals surface area contributed by atoms with E-state index in [-0.39, 0.29) is 12.3 Å². The maximum atomic E-state index is 12.2. The van der Waals surface area contributed by atoms with Gasteiger partial charge in [0.05, 0.1) is 19.0 Å². The summed E-state index contributed by atoms with van der Waals surface area (Å²) in [5, 5.41) is 12.1. The molecule has 3 amide bonds. The molecule has 0 aliphatic carbocycles. The van der Waals surface area contributed by atoms with Gasteiger partial charge >= 0.3 is 12.0 Å². The lowest BCUT2D eigenvalue weighted by Gasteiger charge is -2.12. The number of urea groups is 1. The van der Waals surface area contributed by atoms with E-state index < -0.39 is 24.5 Å². The first-order chi connectivity index (χ1) is 14.2. The van der Waals surface area contributed by atoms with E-state index in [4.69, 9.17) is 33.0 Å². The Morgan fingerprint density at radius 3 is 2.40 bits per heavy atom.